The number of Topliss-reactive ketones (excluding diaryl/α,β-unsaturated/α-hetero) is 2. The van der Waals surface area contributed by atoms with Gasteiger partial charge in [-0.15, -0.1) is 11.3 Å². The predicted molar refractivity (Wildman–Crippen MR) is 155 cm³/mol. The molecule has 7 N–H and O–H groups in total. The smallest absolute Gasteiger partial charge is 0.255 e. The molecule has 1 aromatic carbocycles. The molecule has 0 radical (unpaired) electrons. The van der Waals surface area contributed by atoms with Crippen molar-refractivity contribution in [3.8, 4) is 5.75 Å². The standard InChI is InChI=1S/C29H32N4O8S/c1-32(2)17-11-16(31-18(34)10-13-6-5-7-42-13)23(35)20-14(17)8-12-9-15-22(33(3)4)25(37)21(28(30)40)27(39)29(15,41)26(38)19(12)24(20)36/h5-7,11-12,15,22,35-36,39,41H,8-10H2,1-4H3,(H2,30,40)(H,31,34)/t12?,15?,22-,29-/m0/s1. The van der Waals surface area contributed by atoms with Crippen molar-refractivity contribution in [1.29, 1.82) is 0 Å². The van der Waals surface area contributed by atoms with E-state index in [0.29, 0.717) is 11.3 Å². The first-order valence-corrected chi connectivity index (χ1v) is 14.1. The van der Waals surface area contributed by atoms with Gasteiger partial charge in [-0.3, -0.25) is 24.1 Å². The Hall–Kier alpha value is -4.20. The van der Waals surface area contributed by atoms with Crippen LogP contribution in [0.25, 0.3) is 5.76 Å². The molecular weight excluding hydrogens is 564 g/mol. The number of primary amides is 1. The van der Waals surface area contributed by atoms with E-state index in [4.69, 9.17) is 5.73 Å². The Kier molecular flexibility index (Phi) is 7.16. The number of hydrogen-bond donors (Lipinski definition) is 6. The van der Waals surface area contributed by atoms with E-state index in [-0.39, 0.29) is 36.1 Å². The Bertz CT molecular complexity index is 1590. The highest BCUT2D eigenvalue weighted by Gasteiger charge is 2.64. The summed E-state index contributed by atoms with van der Waals surface area (Å²) in [5.74, 6) is -7.71. The van der Waals surface area contributed by atoms with Crippen molar-refractivity contribution in [3.63, 3.8) is 0 Å². The van der Waals surface area contributed by atoms with E-state index in [1.54, 1.807) is 45.2 Å². The van der Waals surface area contributed by atoms with E-state index >= 15 is 0 Å². The van der Waals surface area contributed by atoms with Crippen LogP contribution in [-0.2, 0) is 32.0 Å². The van der Waals surface area contributed by atoms with Gasteiger partial charge < -0.3 is 36.4 Å². The number of anilines is 2. The van der Waals surface area contributed by atoms with Crippen LogP contribution in [0, 0.1) is 11.8 Å². The SMILES string of the molecule is CN(C)c1cc(NC(=O)Cc2cccs2)c(O)c2c1CC1CC3[C@H](N(C)C)C(=O)C(C(N)=O)=C(O)[C@@]3(O)C(=O)C1=C2O. The monoisotopic (exact) mass is 596 g/mol. The van der Waals surface area contributed by atoms with E-state index in [1.807, 2.05) is 11.4 Å². The van der Waals surface area contributed by atoms with Gasteiger partial charge in [0.15, 0.2) is 11.4 Å². The molecule has 1 saturated carbocycles. The molecule has 5 rings (SSSR count). The number of aromatic hydroxyl groups is 1. The molecule has 3 aliphatic rings. The highest BCUT2D eigenvalue weighted by Crippen LogP contribution is 2.54. The Morgan fingerprint density at radius 1 is 1.17 bits per heavy atom. The zero-order chi connectivity index (χ0) is 30.8. The molecule has 3 aliphatic carbocycles. The number of nitrogens with zero attached hydrogens (tertiary/aromatic N) is 2. The number of nitrogens with one attached hydrogen (secondary N) is 1. The van der Waals surface area contributed by atoms with Gasteiger partial charge in [0.2, 0.25) is 11.7 Å². The largest absolute Gasteiger partial charge is 0.508 e. The van der Waals surface area contributed by atoms with Crippen LogP contribution in [0.4, 0.5) is 11.4 Å². The molecule has 0 saturated heterocycles. The summed E-state index contributed by atoms with van der Waals surface area (Å²) in [5.41, 5.74) is 2.50. The number of ketones is 2. The number of thiophene rings is 1. The Balaban J connectivity index is 1.66. The maximum atomic E-state index is 14.1. The Morgan fingerprint density at radius 2 is 1.86 bits per heavy atom. The topological polar surface area (TPSA) is 194 Å². The van der Waals surface area contributed by atoms with E-state index in [2.05, 4.69) is 5.32 Å². The summed E-state index contributed by atoms with van der Waals surface area (Å²) in [6.45, 7) is 0. The summed E-state index contributed by atoms with van der Waals surface area (Å²) in [5, 5.41) is 50.2. The lowest BCUT2D eigenvalue weighted by Crippen LogP contribution is -2.65. The van der Waals surface area contributed by atoms with Crippen molar-refractivity contribution in [2.75, 3.05) is 38.4 Å². The van der Waals surface area contributed by atoms with Crippen LogP contribution in [0.3, 0.4) is 0 Å². The van der Waals surface area contributed by atoms with Gasteiger partial charge in [0, 0.05) is 36.2 Å². The lowest BCUT2D eigenvalue weighted by Gasteiger charge is -2.50. The molecule has 42 heavy (non-hydrogen) atoms. The third-order valence-electron chi connectivity index (χ3n) is 8.37. The molecule has 4 atom stereocenters. The number of carbonyl (C=O) groups excluding carboxylic acids is 4. The van der Waals surface area contributed by atoms with E-state index in [1.165, 1.54) is 16.2 Å². The molecule has 1 heterocycles. The summed E-state index contributed by atoms with van der Waals surface area (Å²) < 4.78 is 0. The fourth-order valence-electron chi connectivity index (χ4n) is 6.55. The summed E-state index contributed by atoms with van der Waals surface area (Å²) in [7, 11) is 6.59. The van der Waals surface area contributed by atoms with Gasteiger partial charge >= 0.3 is 0 Å². The van der Waals surface area contributed by atoms with Gasteiger partial charge in [-0.05, 0) is 55.9 Å². The van der Waals surface area contributed by atoms with Crippen LogP contribution >= 0.6 is 11.3 Å². The van der Waals surface area contributed by atoms with Crippen molar-refractivity contribution < 1.29 is 39.6 Å². The lowest BCUT2D eigenvalue weighted by atomic mass is 9.57. The maximum Gasteiger partial charge on any atom is 0.255 e. The van der Waals surface area contributed by atoms with Gasteiger partial charge in [0.25, 0.3) is 5.91 Å². The third kappa shape index (κ3) is 4.27. The minimum Gasteiger partial charge on any atom is -0.508 e. The van der Waals surface area contributed by atoms with Gasteiger partial charge in [-0.2, -0.15) is 0 Å². The van der Waals surface area contributed by atoms with E-state index < -0.39 is 69.7 Å². The highest BCUT2D eigenvalue weighted by atomic mass is 32.1. The molecule has 2 aromatic rings. The number of likely N-dealkylation sites (N-methyl/N-ethyl adjacent to an activating group) is 1. The number of hydrogen-bond acceptors (Lipinski definition) is 11. The zero-order valence-corrected chi connectivity index (χ0v) is 24.3. The number of phenolic OH excluding ortho intramolecular Hbond substituents is 1. The van der Waals surface area contributed by atoms with E-state index in [9.17, 15) is 39.6 Å². The first kappa shape index (κ1) is 29.3. The number of phenols is 1. The van der Waals surface area contributed by atoms with Crippen LogP contribution < -0.4 is 16.0 Å². The van der Waals surface area contributed by atoms with Crippen molar-refractivity contribution in [1.82, 2.24) is 4.90 Å². The fraction of sp³-hybridized carbons (Fsp3) is 0.379. The zero-order valence-electron chi connectivity index (χ0n) is 23.5. The normalized spacial score (nSPS) is 25.2. The summed E-state index contributed by atoms with van der Waals surface area (Å²) in [4.78, 5) is 56.2. The minimum absolute atomic E-state index is 0.0131. The van der Waals surface area contributed by atoms with Gasteiger partial charge in [0.1, 0.15) is 22.8 Å². The molecule has 2 unspecified atom stereocenters. The molecule has 12 nitrogen and oxygen atoms in total. The number of benzene rings is 1. The molecule has 0 bridgehead atoms. The van der Waals surface area contributed by atoms with Gasteiger partial charge in [-0.25, -0.2) is 0 Å². The molecule has 1 aromatic heterocycles. The molecule has 0 spiro atoms. The van der Waals surface area contributed by atoms with Crippen LogP contribution in [-0.4, -0.2) is 88.5 Å². The van der Waals surface area contributed by atoms with Gasteiger partial charge in [0.05, 0.1) is 23.7 Å². The lowest BCUT2D eigenvalue weighted by molar-refractivity contribution is -0.153. The number of fused-ring (bicyclic) bond motifs is 3. The Morgan fingerprint density at radius 3 is 2.43 bits per heavy atom. The number of nitrogens with two attached hydrogens (primary N) is 1. The number of aliphatic hydroxyl groups excluding tert-OH is 2. The number of aliphatic hydroxyl groups is 3. The maximum absolute atomic E-state index is 14.1. The van der Waals surface area contributed by atoms with Crippen molar-refractivity contribution in [3.05, 3.63) is 56.5 Å². The quantitative estimate of drug-likeness (QED) is 0.209. The number of carbonyl (C=O) groups is 4. The van der Waals surface area contributed by atoms with Crippen LogP contribution in [0.5, 0.6) is 5.75 Å². The first-order chi connectivity index (χ1) is 19.7. The summed E-state index contributed by atoms with van der Waals surface area (Å²) >= 11 is 1.41. The minimum atomic E-state index is -2.73. The van der Waals surface area contributed by atoms with E-state index in [0.717, 1.165) is 4.88 Å². The second-order valence-corrected chi connectivity index (χ2v) is 12.3. The predicted octanol–water partition coefficient (Wildman–Crippen LogP) is 1.27. The van der Waals surface area contributed by atoms with Gasteiger partial charge in [-0.1, -0.05) is 6.07 Å². The molecule has 2 amide bonds. The average molecular weight is 597 g/mol. The highest BCUT2D eigenvalue weighted by molar-refractivity contribution is 7.10. The van der Waals surface area contributed by atoms with Crippen LogP contribution in [0.15, 0.2) is 40.5 Å². The second-order valence-electron chi connectivity index (χ2n) is 11.3. The van der Waals surface area contributed by atoms with Crippen LogP contribution in [0.1, 0.15) is 22.4 Å². The second kappa shape index (κ2) is 10.3. The first-order valence-electron chi connectivity index (χ1n) is 13.2. The van der Waals surface area contributed by atoms with Crippen molar-refractivity contribution in [2.45, 2.75) is 30.9 Å². The average Bonchev–Trinajstić information content (AvgIpc) is 3.40. The molecular formula is C29H32N4O8S. The summed E-state index contributed by atoms with van der Waals surface area (Å²) in [6, 6.07) is 4.04. The molecule has 1 fully saturated rings. The fourth-order valence-corrected chi connectivity index (χ4v) is 7.26. The van der Waals surface area contributed by atoms with Crippen LogP contribution in [0.2, 0.25) is 0 Å². The van der Waals surface area contributed by atoms with Crippen molar-refractivity contribution in [2.24, 2.45) is 17.6 Å². The molecule has 222 valence electrons. The van der Waals surface area contributed by atoms with Crippen molar-refractivity contribution >= 4 is 51.9 Å². The number of rotatable bonds is 6. The number of amides is 2. The molecule has 13 heteroatoms. The molecule has 0 aliphatic heterocycles. The Labute approximate surface area is 245 Å². The third-order valence-corrected chi connectivity index (χ3v) is 9.24. The summed E-state index contributed by atoms with van der Waals surface area (Å²) in [6.07, 6.45) is 0.185.